The van der Waals surface area contributed by atoms with E-state index in [1.807, 2.05) is 6.07 Å². The number of fused-ring (bicyclic) bond motifs is 1. The Morgan fingerprint density at radius 1 is 1.31 bits per heavy atom. The first-order chi connectivity index (χ1) is 13.8. The summed E-state index contributed by atoms with van der Waals surface area (Å²) >= 11 is 0. The fourth-order valence-electron chi connectivity index (χ4n) is 3.86. The summed E-state index contributed by atoms with van der Waals surface area (Å²) in [5.74, 6) is -3.27. The lowest BCUT2D eigenvalue weighted by molar-refractivity contribution is -0.130. The van der Waals surface area contributed by atoms with Crippen molar-refractivity contribution in [3.05, 3.63) is 53.3 Å². The van der Waals surface area contributed by atoms with E-state index in [9.17, 15) is 18.4 Å². The number of carbonyl (C=O) groups excluding carboxylic acids is 2. The first-order valence-electron chi connectivity index (χ1n) is 9.34. The van der Waals surface area contributed by atoms with E-state index in [-0.39, 0.29) is 37.6 Å². The van der Waals surface area contributed by atoms with E-state index in [2.05, 4.69) is 10.4 Å². The molecule has 0 unspecified atom stereocenters. The van der Waals surface area contributed by atoms with Crippen molar-refractivity contribution in [2.45, 2.75) is 43.8 Å². The minimum Gasteiger partial charge on any atom is -0.353 e. The second kappa shape index (κ2) is 7.28. The smallest absolute Gasteiger partial charge is 0.254 e. The number of alkyl halides is 2. The molecule has 2 heterocycles. The molecule has 29 heavy (non-hydrogen) atoms. The summed E-state index contributed by atoms with van der Waals surface area (Å²) in [5.41, 5.74) is 1.58. The summed E-state index contributed by atoms with van der Waals surface area (Å²) in [5, 5.41) is 15.9. The molecule has 1 aromatic carbocycles. The molecule has 2 aromatic rings. The number of nitrogens with one attached hydrogen (secondary N) is 1. The Labute approximate surface area is 165 Å². The number of hydrogen-bond acceptors (Lipinski definition) is 4. The molecular formula is C20H19F2N5O2. The summed E-state index contributed by atoms with van der Waals surface area (Å²) in [7, 11) is 0. The predicted octanol–water partition coefficient (Wildman–Crippen LogP) is 2.26. The van der Waals surface area contributed by atoms with Crippen LogP contribution in [-0.2, 0) is 11.3 Å². The number of carbonyl (C=O) groups is 2. The molecule has 0 spiro atoms. The van der Waals surface area contributed by atoms with Gasteiger partial charge in [-0.2, -0.15) is 10.4 Å². The molecule has 1 atom stereocenters. The zero-order valence-electron chi connectivity index (χ0n) is 15.5. The van der Waals surface area contributed by atoms with Crippen molar-refractivity contribution in [2.75, 3.05) is 6.54 Å². The number of nitrogens with zero attached hydrogens (tertiary/aromatic N) is 4. The predicted molar refractivity (Wildman–Crippen MR) is 97.9 cm³/mol. The lowest BCUT2D eigenvalue weighted by Gasteiger charge is -2.37. The average Bonchev–Trinajstić information content (AvgIpc) is 3.15. The highest BCUT2D eigenvalue weighted by atomic mass is 19.3. The number of halogens is 2. The number of nitriles is 1. The van der Waals surface area contributed by atoms with Crippen molar-refractivity contribution in [1.29, 1.82) is 5.26 Å². The maximum absolute atomic E-state index is 13.0. The lowest BCUT2D eigenvalue weighted by Crippen LogP contribution is -2.51. The molecule has 7 nitrogen and oxygen atoms in total. The highest BCUT2D eigenvalue weighted by Gasteiger charge is 2.46. The van der Waals surface area contributed by atoms with Crippen molar-refractivity contribution >= 4 is 11.8 Å². The summed E-state index contributed by atoms with van der Waals surface area (Å²) in [6, 6.07) is 9.35. The van der Waals surface area contributed by atoms with E-state index in [4.69, 9.17) is 5.26 Å². The van der Waals surface area contributed by atoms with E-state index in [0.29, 0.717) is 17.7 Å². The van der Waals surface area contributed by atoms with E-state index in [1.165, 1.54) is 6.07 Å². The third kappa shape index (κ3) is 3.97. The Balaban J connectivity index is 1.46. The van der Waals surface area contributed by atoms with Gasteiger partial charge in [0, 0.05) is 37.2 Å². The maximum atomic E-state index is 13.0. The third-order valence-corrected chi connectivity index (χ3v) is 5.28. The van der Waals surface area contributed by atoms with Crippen molar-refractivity contribution in [3.63, 3.8) is 0 Å². The minimum atomic E-state index is -2.70. The van der Waals surface area contributed by atoms with Gasteiger partial charge in [0.05, 0.1) is 36.3 Å². The molecular weight excluding hydrogens is 380 g/mol. The van der Waals surface area contributed by atoms with E-state index < -0.39 is 18.0 Å². The Morgan fingerprint density at radius 2 is 2.10 bits per heavy atom. The van der Waals surface area contributed by atoms with Crippen LogP contribution in [0.25, 0.3) is 0 Å². The number of amides is 2. The molecule has 1 aliphatic heterocycles. The Morgan fingerprint density at radius 3 is 2.83 bits per heavy atom. The van der Waals surface area contributed by atoms with Gasteiger partial charge in [0.15, 0.2) is 0 Å². The van der Waals surface area contributed by atoms with Gasteiger partial charge >= 0.3 is 0 Å². The standard InChI is InChI=1S/C20H19F2N5O2/c21-20(22)8-15(9-20)25-18(28)7-17-12-26(11-16-4-5-24-27(16)17)19(29)14-3-1-2-13(6-14)10-23/h1-6,15,17H,7-9,11-12H2,(H,25,28)/t17-/m1/s1. The molecule has 2 amide bonds. The molecule has 9 heteroatoms. The van der Waals surface area contributed by atoms with Gasteiger partial charge in [-0.25, -0.2) is 8.78 Å². The maximum Gasteiger partial charge on any atom is 0.254 e. The summed E-state index contributed by atoms with van der Waals surface area (Å²) in [6.07, 6.45) is 0.975. The fourth-order valence-corrected chi connectivity index (χ4v) is 3.86. The molecule has 4 rings (SSSR count). The van der Waals surface area contributed by atoms with Crippen molar-refractivity contribution in [2.24, 2.45) is 0 Å². The molecule has 1 saturated carbocycles. The molecule has 2 aliphatic rings. The van der Waals surface area contributed by atoms with Gasteiger partial charge < -0.3 is 10.2 Å². The van der Waals surface area contributed by atoms with Crippen LogP contribution in [0.3, 0.4) is 0 Å². The molecule has 0 saturated heterocycles. The van der Waals surface area contributed by atoms with Gasteiger partial charge in [0.25, 0.3) is 11.8 Å². The normalized spacial score (nSPS) is 20.3. The van der Waals surface area contributed by atoms with Gasteiger partial charge in [-0.15, -0.1) is 0 Å². The first-order valence-corrected chi connectivity index (χ1v) is 9.34. The summed E-state index contributed by atoms with van der Waals surface area (Å²) in [6.45, 7) is 0.598. The molecule has 1 aromatic heterocycles. The molecule has 150 valence electrons. The monoisotopic (exact) mass is 399 g/mol. The molecule has 0 radical (unpaired) electrons. The van der Waals surface area contributed by atoms with Crippen LogP contribution in [0.15, 0.2) is 36.5 Å². The second-order valence-electron chi connectivity index (χ2n) is 7.53. The summed E-state index contributed by atoms with van der Waals surface area (Å²) in [4.78, 5) is 26.9. The third-order valence-electron chi connectivity index (χ3n) is 5.28. The molecule has 1 fully saturated rings. The zero-order valence-corrected chi connectivity index (χ0v) is 15.5. The zero-order chi connectivity index (χ0) is 20.6. The van der Waals surface area contributed by atoms with Crippen LogP contribution in [0.1, 0.15) is 46.9 Å². The van der Waals surface area contributed by atoms with Crippen LogP contribution >= 0.6 is 0 Å². The quantitative estimate of drug-likeness (QED) is 0.854. The second-order valence-corrected chi connectivity index (χ2v) is 7.53. The molecule has 0 bridgehead atoms. The van der Waals surface area contributed by atoms with Gasteiger partial charge in [-0.3, -0.25) is 14.3 Å². The van der Waals surface area contributed by atoms with E-state index in [0.717, 1.165) is 5.69 Å². The number of rotatable bonds is 4. The van der Waals surface area contributed by atoms with Crippen LogP contribution in [0, 0.1) is 11.3 Å². The Bertz CT molecular complexity index is 989. The van der Waals surface area contributed by atoms with Gasteiger partial charge in [0.1, 0.15) is 0 Å². The van der Waals surface area contributed by atoms with Crippen LogP contribution in [0.2, 0.25) is 0 Å². The highest BCUT2D eigenvalue weighted by molar-refractivity contribution is 5.94. The van der Waals surface area contributed by atoms with Gasteiger partial charge in [-0.1, -0.05) is 6.07 Å². The molecule has 1 N–H and O–H groups in total. The first kappa shape index (κ1) is 19.1. The number of hydrogen-bond donors (Lipinski definition) is 1. The van der Waals surface area contributed by atoms with Crippen molar-refractivity contribution < 1.29 is 18.4 Å². The van der Waals surface area contributed by atoms with Crippen LogP contribution in [-0.4, -0.2) is 45.0 Å². The SMILES string of the molecule is N#Cc1cccc(C(=O)N2Cc3ccnn3[C@H](CC(=O)NC3CC(F)(F)C3)C2)c1. The Kier molecular flexibility index (Phi) is 4.78. The number of benzene rings is 1. The largest absolute Gasteiger partial charge is 0.353 e. The van der Waals surface area contributed by atoms with Crippen LogP contribution < -0.4 is 5.32 Å². The highest BCUT2D eigenvalue weighted by Crippen LogP contribution is 2.37. The topological polar surface area (TPSA) is 91.0 Å². The fraction of sp³-hybridized carbons (Fsp3) is 0.400. The number of aromatic nitrogens is 2. The lowest BCUT2D eigenvalue weighted by atomic mass is 9.88. The van der Waals surface area contributed by atoms with Gasteiger partial charge in [0.2, 0.25) is 5.91 Å². The summed E-state index contributed by atoms with van der Waals surface area (Å²) < 4.78 is 27.7. The van der Waals surface area contributed by atoms with Crippen LogP contribution in [0.4, 0.5) is 8.78 Å². The Hall–Kier alpha value is -3.28. The van der Waals surface area contributed by atoms with E-state index >= 15 is 0 Å². The van der Waals surface area contributed by atoms with Crippen molar-refractivity contribution in [1.82, 2.24) is 20.0 Å². The van der Waals surface area contributed by atoms with E-state index in [1.54, 1.807) is 40.0 Å². The average molecular weight is 399 g/mol. The minimum absolute atomic E-state index is 0.0404. The molecule has 1 aliphatic carbocycles. The van der Waals surface area contributed by atoms with Crippen molar-refractivity contribution in [3.8, 4) is 6.07 Å². The van der Waals surface area contributed by atoms with Crippen LogP contribution in [0.5, 0.6) is 0 Å². The van der Waals surface area contributed by atoms with Gasteiger partial charge in [-0.05, 0) is 24.3 Å².